The molecule has 10 heteroatoms. The molecule has 141 valence electrons. The Morgan fingerprint density at radius 1 is 1.19 bits per heavy atom. The van der Waals surface area contributed by atoms with E-state index in [1.165, 1.54) is 50.5 Å². The van der Waals surface area contributed by atoms with Gasteiger partial charge in [-0.25, -0.2) is 8.42 Å². The Kier molecular flexibility index (Phi) is 7.65. The van der Waals surface area contributed by atoms with Crippen molar-refractivity contribution in [1.82, 2.24) is 4.98 Å². The van der Waals surface area contributed by atoms with Gasteiger partial charge in [0.2, 0.25) is 11.8 Å². The van der Waals surface area contributed by atoms with Crippen LogP contribution in [0.1, 0.15) is 24.2 Å². The molecule has 0 fully saturated rings. The summed E-state index contributed by atoms with van der Waals surface area (Å²) in [6.45, 7) is 2.56. The fourth-order valence-electron chi connectivity index (χ4n) is 1.79. The molecule has 3 N–H and O–H groups in total. The molecule has 0 aliphatic heterocycles. The second-order valence-electron chi connectivity index (χ2n) is 6.07. The number of aromatic hydroxyl groups is 1. The van der Waals surface area contributed by atoms with E-state index in [4.69, 9.17) is 0 Å². The number of rotatable bonds is 5. The van der Waals surface area contributed by atoms with Gasteiger partial charge in [0, 0.05) is 62.7 Å². The largest absolute Gasteiger partial charge is 0.531 e. The van der Waals surface area contributed by atoms with Crippen molar-refractivity contribution < 1.29 is 55.8 Å². The average molecular weight is 465 g/mol. The molecule has 2 rings (SSSR count). The summed E-state index contributed by atoms with van der Waals surface area (Å²) in [6, 6.07) is 8.14. The van der Waals surface area contributed by atoms with Gasteiger partial charge >= 0.3 is 0 Å². The molecule has 1 radical (unpaired) electrons. The van der Waals surface area contributed by atoms with Crippen molar-refractivity contribution in [1.29, 1.82) is 0 Å². The van der Waals surface area contributed by atoms with E-state index in [2.05, 4.69) is 21.7 Å². The first-order valence-corrected chi connectivity index (χ1v) is 9.38. The van der Waals surface area contributed by atoms with Gasteiger partial charge in [0.15, 0.2) is 9.84 Å². The van der Waals surface area contributed by atoms with E-state index in [1.54, 1.807) is 0 Å². The van der Waals surface area contributed by atoms with Crippen molar-refractivity contribution in [2.24, 2.45) is 0 Å². The third-order valence-corrected chi connectivity index (χ3v) is 5.88. The number of sulfone groups is 1. The monoisotopic (exact) mass is 465 g/mol. The maximum atomic E-state index is 12.2. The summed E-state index contributed by atoms with van der Waals surface area (Å²) < 4.78 is 21.7. The summed E-state index contributed by atoms with van der Waals surface area (Å²) in [6.07, 6.45) is 3.89. The van der Waals surface area contributed by atoms with Crippen molar-refractivity contribution in [2.45, 2.75) is 18.6 Å². The molecular weight excluding hydrogens is 447 g/mol. The van der Waals surface area contributed by atoms with Crippen LogP contribution in [0.2, 0.25) is 0 Å². The number of hydrogen-bond acceptors (Lipinski definition) is 6. The number of nitrogens with one attached hydrogen (secondary N) is 2. The van der Waals surface area contributed by atoms with Crippen molar-refractivity contribution >= 4 is 33.0 Å². The molecule has 0 saturated carbocycles. The van der Waals surface area contributed by atoms with Gasteiger partial charge in [0.1, 0.15) is 4.75 Å². The number of pyridine rings is 1. The van der Waals surface area contributed by atoms with E-state index in [-0.39, 0.29) is 49.8 Å². The van der Waals surface area contributed by atoms with Gasteiger partial charge in [-0.15, -0.1) is 12.1 Å². The van der Waals surface area contributed by atoms with Gasteiger partial charge in [-0.3, -0.25) is 14.6 Å². The first kappa shape index (κ1) is 23.2. The molecule has 2 amide bonds. The summed E-state index contributed by atoms with van der Waals surface area (Å²) >= 11 is 0. The van der Waals surface area contributed by atoms with Crippen molar-refractivity contribution in [3.05, 3.63) is 48.3 Å². The number of carbonyl (C=O) groups excluding carboxylic acids is 2. The first-order chi connectivity index (χ1) is 12.0. The molecule has 0 saturated heterocycles. The Labute approximate surface area is 182 Å². The fraction of sp³-hybridized carbons (Fsp3) is 0.235. The molecule has 1 heterocycles. The number of benzene rings is 1. The Morgan fingerprint density at radius 2 is 1.78 bits per heavy atom. The zero-order valence-electron chi connectivity index (χ0n) is 15.0. The van der Waals surface area contributed by atoms with Crippen LogP contribution in [0.3, 0.4) is 0 Å². The maximum absolute atomic E-state index is 12.2. The van der Waals surface area contributed by atoms with Crippen LogP contribution < -0.4 is 10.6 Å². The van der Waals surface area contributed by atoms with E-state index in [0.717, 1.165) is 6.26 Å². The number of nitrogens with zero attached hydrogens (tertiary/aromatic N) is 1. The van der Waals surface area contributed by atoms with Crippen LogP contribution in [0, 0.1) is 6.07 Å². The standard InChI is InChI=1S/C17H18N3O5S.Y/c1-17(2,26(3,24)25)16(23)19-12-4-5-13(14(21)10-12)20-15(22)11-6-8-18-9-7-11;/h5-10,21H,1-3H3,(H,19,23)(H,20,22);/q-1;. The Balaban J connectivity index is 0.00000364. The van der Waals surface area contributed by atoms with Gasteiger partial charge in [0.25, 0.3) is 0 Å². The number of carbonyl (C=O) groups is 2. The predicted octanol–water partition coefficient (Wildman–Crippen LogP) is 1.60. The molecule has 8 nitrogen and oxygen atoms in total. The molecule has 2 aromatic rings. The van der Waals surface area contributed by atoms with Crippen LogP contribution in [-0.4, -0.2) is 41.3 Å². The van der Waals surface area contributed by atoms with Crippen molar-refractivity contribution in [3.63, 3.8) is 0 Å². The zero-order chi connectivity index (χ0) is 19.5. The third-order valence-electron chi connectivity index (χ3n) is 3.84. The number of hydrogen-bond donors (Lipinski definition) is 3. The molecule has 0 aliphatic carbocycles. The zero-order valence-corrected chi connectivity index (χ0v) is 18.6. The van der Waals surface area contributed by atoms with E-state index in [0.29, 0.717) is 5.56 Å². The van der Waals surface area contributed by atoms with E-state index < -0.39 is 26.4 Å². The van der Waals surface area contributed by atoms with Gasteiger partial charge < -0.3 is 15.7 Å². The van der Waals surface area contributed by atoms with Crippen LogP contribution >= 0.6 is 0 Å². The second kappa shape index (κ2) is 8.90. The quantitative estimate of drug-likeness (QED) is 0.455. The second-order valence-corrected chi connectivity index (χ2v) is 8.64. The van der Waals surface area contributed by atoms with Crippen LogP contribution in [0.25, 0.3) is 0 Å². The van der Waals surface area contributed by atoms with Gasteiger partial charge in [-0.05, 0) is 31.7 Å². The first-order valence-electron chi connectivity index (χ1n) is 7.49. The molecule has 0 aliphatic rings. The van der Waals surface area contributed by atoms with E-state index in [9.17, 15) is 23.1 Å². The SMILES string of the molecule is CC(C)(C(=O)Nc1[c-]cc(NC(=O)c2ccncc2)c(O)c1)S(C)(=O)=O.[Y]. The molecule has 0 bridgehead atoms. The molecule has 27 heavy (non-hydrogen) atoms. The van der Waals surface area contributed by atoms with Gasteiger partial charge in [-0.2, -0.15) is 6.07 Å². The van der Waals surface area contributed by atoms with Gasteiger partial charge in [0.05, 0.1) is 0 Å². The predicted molar refractivity (Wildman–Crippen MR) is 96.7 cm³/mol. The normalized spacial score (nSPS) is 11.2. The molecule has 1 aromatic heterocycles. The van der Waals surface area contributed by atoms with Crippen LogP contribution in [-0.2, 0) is 47.3 Å². The smallest absolute Gasteiger partial charge is 0.245 e. The van der Waals surface area contributed by atoms with Gasteiger partial charge in [-0.1, -0.05) is 5.69 Å². The molecule has 1 aromatic carbocycles. The molecule has 0 unspecified atom stereocenters. The van der Waals surface area contributed by atoms with Crippen LogP contribution in [0.15, 0.2) is 36.7 Å². The number of anilines is 2. The van der Waals surface area contributed by atoms with Crippen molar-refractivity contribution in [2.75, 3.05) is 16.9 Å². The number of phenols is 1. The van der Waals surface area contributed by atoms with Crippen molar-refractivity contribution in [3.8, 4) is 5.75 Å². The molecular formula is C17H18N3O5SY-. The molecule has 0 atom stereocenters. The minimum atomic E-state index is -3.64. The summed E-state index contributed by atoms with van der Waals surface area (Å²) in [5, 5.41) is 14.9. The van der Waals surface area contributed by atoms with Crippen LogP contribution in [0.5, 0.6) is 5.75 Å². The Bertz CT molecular complexity index is 946. The number of aromatic nitrogens is 1. The third kappa shape index (κ3) is 5.57. The average Bonchev–Trinajstić information content (AvgIpc) is 2.57. The summed E-state index contributed by atoms with van der Waals surface area (Å²) in [7, 11) is -3.64. The summed E-state index contributed by atoms with van der Waals surface area (Å²) in [5.41, 5.74) is 0.519. The van der Waals surface area contributed by atoms with E-state index in [1.807, 2.05) is 0 Å². The Hall–Kier alpha value is -1.84. The van der Waals surface area contributed by atoms with E-state index >= 15 is 0 Å². The summed E-state index contributed by atoms with van der Waals surface area (Å²) in [5.74, 6) is -1.52. The molecule has 0 spiro atoms. The Morgan fingerprint density at radius 3 is 2.30 bits per heavy atom. The number of amides is 2. The minimum Gasteiger partial charge on any atom is -0.531 e. The topological polar surface area (TPSA) is 125 Å². The van der Waals surface area contributed by atoms with Crippen LogP contribution in [0.4, 0.5) is 11.4 Å². The summed E-state index contributed by atoms with van der Waals surface area (Å²) in [4.78, 5) is 28.1. The fourth-order valence-corrected chi connectivity index (χ4v) is 2.18. The number of phenolic OH excluding ortho intramolecular Hbond substituents is 1. The maximum Gasteiger partial charge on any atom is 0.245 e. The minimum absolute atomic E-state index is 0.